The maximum absolute atomic E-state index is 12.4. The van der Waals surface area contributed by atoms with Crippen molar-refractivity contribution in [3.63, 3.8) is 0 Å². The van der Waals surface area contributed by atoms with Crippen LogP contribution in [0.25, 0.3) is 0 Å². The topological polar surface area (TPSA) is 90.1 Å². The quantitative estimate of drug-likeness (QED) is 0.481. The molecule has 1 N–H and O–H groups in total. The van der Waals surface area contributed by atoms with Crippen molar-refractivity contribution in [3.05, 3.63) is 47.6 Å². The Morgan fingerprint density at radius 2 is 1.87 bits per heavy atom. The van der Waals surface area contributed by atoms with Crippen LogP contribution in [0.2, 0.25) is 0 Å². The summed E-state index contributed by atoms with van der Waals surface area (Å²) in [6, 6.07) is 2.12. The van der Waals surface area contributed by atoms with Gasteiger partial charge in [0.25, 0.3) is 5.69 Å². The lowest BCUT2D eigenvalue weighted by Gasteiger charge is -2.14. The third-order valence-electron chi connectivity index (χ3n) is 3.12. The van der Waals surface area contributed by atoms with E-state index in [1.54, 1.807) is 17.8 Å². The normalized spacial score (nSPS) is 12.0. The molecule has 7 nitrogen and oxygen atoms in total. The molecule has 0 aliphatic heterocycles. The van der Waals surface area contributed by atoms with E-state index in [4.69, 9.17) is 0 Å². The molecule has 1 amide bonds. The van der Waals surface area contributed by atoms with Crippen LogP contribution in [0.15, 0.2) is 31.7 Å². The van der Waals surface area contributed by atoms with E-state index in [0.717, 1.165) is 10.2 Å². The Morgan fingerprint density at radius 3 is 2.30 bits per heavy atom. The van der Waals surface area contributed by atoms with Gasteiger partial charge in [-0.05, 0) is 61.6 Å². The number of non-ortho nitro benzene ring substituents is 1. The van der Waals surface area contributed by atoms with Crippen LogP contribution in [0.3, 0.4) is 0 Å². The fraction of sp³-hybridized carbons (Fsp3) is 0.231. The number of nitrogens with one attached hydrogen (secondary N) is 1. The Bertz CT molecular complexity index is 748. The van der Waals surface area contributed by atoms with Crippen LogP contribution in [0.5, 0.6) is 0 Å². The average molecular weight is 511 g/mol. The van der Waals surface area contributed by atoms with Crippen molar-refractivity contribution in [2.45, 2.75) is 19.9 Å². The fourth-order valence-corrected chi connectivity index (χ4v) is 3.44. The molecule has 1 aromatic heterocycles. The number of hydrogen-bond acceptors (Lipinski definition) is 4. The van der Waals surface area contributed by atoms with E-state index in [-0.39, 0.29) is 11.6 Å². The SMILES string of the molecule is Cc1nn(C(C)C(=O)Nc2c(Br)cc([N+](=O)[O-])cc2Br)cc1Br. The lowest BCUT2D eigenvalue weighted by molar-refractivity contribution is -0.385. The predicted octanol–water partition coefficient (Wildman–Crippen LogP) is 4.59. The first kappa shape index (κ1) is 18.1. The summed E-state index contributed by atoms with van der Waals surface area (Å²) in [6.07, 6.45) is 1.72. The molecule has 1 heterocycles. The molecule has 1 unspecified atom stereocenters. The molecular weight excluding hydrogens is 500 g/mol. The molecule has 1 aromatic carbocycles. The zero-order chi connectivity index (χ0) is 17.3. The summed E-state index contributed by atoms with van der Waals surface area (Å²) < 4.78 is 3.19. The third kappa shape index (κ3) is 3.99. The van der Waals surface area contributed by atoms with E-state index in [1.165, 1.54) is 12.1 Å². The number of rotatable bonds is 4. The number of aryl methyl sites for hydroxylation is 1. The molecule has 0 bridgehead atoms. The van der Waals surface area contributed by atoms with E-state index < -0.39 is 11.0 Å². The molecule has 0 radical (unpaired) electrons. The number of halogens is 3. The van der Waals surface area contributed by atoms with Gasteiger partial charge in [0.05, 0.1) is 20.8 Å². The Hall–Kier alpha value is -1.26. The lowest BCUT2D eigenvalue weighted by Crippen LogP contribution is -2.24. The van der Waals surface area contributed by atoms with Gasteiger partial charge < -0.3 is 5.32 Å². The van der Waals surface area contributed by atoms with Gasteiger partial charge in [-0.3, -0.25) is 19.6 Å². The van der Waals surface area contributed by atoms with E-state index >= 15 is 0 Å². The Kier molecular flexibility index (Phi) is 5.58. The van der Waals surface area contributed by atoms with Gasteiger partial charge in [0.15, 0.2) is 0 Å². The van der Waals surface area contributed by atoms with Crippen molar-refractivity contribution < 1.29 is 9.72 Å². The van der Waals surface area contributed by atoms with Gasteiger partial charge >= 0.3 is 0 Å². The summed E-state index contributed by atoms with van der Waals surface area (Å²) >= 11 is 9.82. The van der Waals surface area contributed by atoms with Crippen LogP contribution >= 0.6 is 47.8 Å². The first-order valence-corrected chi connectivity index (χ1v) is 8.74. The standard InChI is InChI=1S/C13H11Br3N4O3/c1-6-11(16)5-19(18-6)7(2)13(21)17-12-9(14)3-8(20(22)23)4-10(12)15/h3-5,7H,1-2H3,(H,17,21). The second-order valence-electron chi connectivity index (χ2n) is 4.75. The number of amides is 1. The van der Waals surface area contributed by atoms with Crippen LogP contribution in [-0.4, -0.2) is 20.6 Å². The number of aromatic nitrogens is 2. The van der Waals surface area contributed by atoms with E-state index in [0.29, 0.717) is 14.6 Å². The van der Waals surface area contributed by atoms with Gasteiger partial charge in [-0.25, -0.2) is 0 Å². The average Bonchev–Trinajstić information content (AvgIpc) is 2.81. The van der Waals surface area contributed by atoms with Crippen LogP contribution in [0, 0.1) is 17.0 Å². The molecule has 0 saturated heterocycles. The zero-order valence-electron chi connectivity index (χ0n) is 12.0. The molecule has 0 aliphatic rings. The smallest absolute Gasteiger partial charge is 0.271 e. The minimum Gasteiger partial charge on any atom is -0.322 e. The molecule has 0 spiro atoms. The number of hydrogen-bond donors (Lipinski definition) is 1. The van der Waals surface area contributed by atoms with Crippen LogP contribution in [0.4, 0.5) is 11.4 Å². The van der Waals surface area contributed by atoms with Gasteiger partial charge in [0.2, 0.25) is 5.91 Å². The maximum Gasteiger partial charge on any atom is 0.271 e. The number of nitro groups is 1. The van der Waals surface area contributed by atoms with Crippen molar-refractivity contribution in [2.24, 2.45) is 0 Å². The molecule has 0 aliphatic carbocycles. The lowest BCUT2D eigenvalue weighted by atomic mass is 10.2. The second kappa shape index (κ2) is 7.10. The number of carbonyl (C=O) groups is 1. The third-order valence-corrected chi connectivity index (χ3v) is 5.15. The van der Waals surface area contributed by atoms with Gasteiger partial charge in [-0.2, -0.15) is 5.10 Å². The van der Waals surface area contributed by atoms with E-state index in [1.807, 2.05) is 6.92 Å². The summed E-state index contributed by atoms with van der Waals surface area (Å²) in [7, 11) is 0. The molecule has 23 heavy (non-hydrogen) atoms. The molecule has 2 rings (SSSR count). The van der Waals surface area contributed by atoms with Crippen LogP contribution in [0.1, 0.15) is 18.7 Å². The minimum atomic E-state index is -0.547. The molecular formula is C13H11Br3N4O3. The highest BCUT2D eigenvalue weighted by molar-refractivity contribution is 9.11. The Morgan fingerprint density at radius 1 is 1.30 bits per heavy atom. The van der Waals surface area contributed by atoms with Crippen molar-refractivity contribution >= 4 is 65.1 Å². The summed E-state index contributed by atoms with van der Waals surface area (Å²) in [5.74, 6) is -0.296. The molecule has 10 heteroatoms. The number of nitrogens with zero attached hydrogens (tertiary/aromatic N) is 3. The van der Waals surface area contributed by atoms with Crippen molar-refractivity contribution in [1.29, 1.82) is 0 Å². The molecule has 1 atom stereocenters. The molecule has 2 aromatic rings. The first-order valence-electron chi connectivity index (χ1n) is 6.36. The van der Waals surface area contributed by atoms with Crippen molar-refractivity contribution in [3.8, 4) is 0 Å². The number of anilines is 1. The number of carbonyl (C=O) groups excluding carboxylic acids is 1. The van der Waals surface area contributed by atoms with Crippen LogP contribution < -0.4 is 5.32 Å². The van der Waals surface area contributed by atoms with Crippen molar-refractivity contribution in [2.75, 3.05) is 5.32 Å². The van der Waals surface area contributed by atoms with Crippen molar-refractivity contribution in [1.82, 2.24) is 9.78 Å². The fourth-order valence-electron chi connectivity index (χ4n) is 1.79. The number of nitro benzene ring substituents is 1. The highest BCUT2D eigenvalue weighted by atomic mass is 79.9. The molecule has 0 fully saturated rings. The monoisotopic (exact) mass is 508 g/mol. The van der Waals surface area contributed by atoms with Gasteiger partial charge in [0, 0.05) is 27.3 Å². The second-order valence-corrected chi connectivity index (χ2v) is 7.31. The Balaban J connectivity index is 2.24. The van der Waals surface area contributed by atoms with E-state index in [9.17, 15) is 14.9 Å². The molecule has 0 saturated carbocycles. The minimum absolute atomic E-state index is 0.0820. The Labute approximate surface area is 157 Å². The summed E-state index contributed by atoms with van der Waals surface area (Å²) in [4.78, 5) is 22.7. The summed E-state index contributed by atoms with van der Waals surface area (Å²) in [5, 5.41) is 17.8. The predicted molar refractivity (Wildman–Crippen MR) is 96.5 cm³/mol. The highest BCUT2D eigenvalue weighted by Gasteiger charge is 2.21. The molecule has 122 valence electrons. The number of benzene rings is 1. The zero-order valence-corrected chi connectivity index (χ0v) is 16.8. The maximum atomic E-state index is 12.4. The van der Waals surface area contributed by atoms with Gasteiger partial charge in [-0.1, -0.05) is 0 Å². The van der Waals surface area contributed by atoms with Gasteiger partial charge in [0.1, 0.15) is 6.04 Å². The largest absolute Gasteiger partial charge is 0.322 e. The first-order chi connectivity index (χ1) is 10.7. The van der Waals surface area contributed by atoms with Gasteiger partial charge in [-0.15, -0.1) is 0 Å². The van der Waals surface area contributed by atoms with E-state index in [2.05, 4.69) is 58.2 Å². The highest BCUT2D eigenvalue weighted by Crippen LogP contribution is 2.35. The summed E-state index contributed by atoms with van der Waals surface area (Å²) in [5.41, 5.74) is 1.12. The van der Waals surface area contributed by atoms with Crippen LogP contribution in [-0.2, 0) is 4.79 Å². The summed E-state index contributed by atoms with van der Waals surface area (Å²) in [6.45, 7) is 3.54.